The molecule has 1 fully saturated rings. The van der Waals surface area contributed by atoms with Crippen LogP contribution >= 0.6 is 0 Å². The average Bonchev–Trinajstić information content (AvgIpc) is 2.47. The molecule has 0 amide bonds. The summed E-state index contributed by atoms with van der Waals surface area (Å²) in [6.45, 7) is 1.50. The Kier molecular flexibility index (Phi) is 4.99. The Hall–Kier alpha value is -1.84. The van der Waals surface area contributed by atoms with Crippen molar-refractivity contribution in [3.63, 3.8) is 0 Å². The van der Waals surface area contributed by atoms with Crippen LogP contribution in [0.4, 0.5) is 11.5 Å². The summed E-state index contributed by atoms with van der Waals surface area (Å²) in [6, 6.07) is -0.365. The molecule has 0 bridgehead atoms. The van der Waals surface area contributed by atoms with Crippen molar-refractivity contribution in [1.82, 2.24) is 9.55 Å². The normalized spacial score (nSPS) is 19.0. The van der Waals surface area contributed by atoms with E-state index in [1.165, 1.54) is 11.7 Å². The molecule has 1 aromatic heterocycles. The zero-order valence-corrected chi connectivity index (χ0v) is 11.9. The van der Waals surface area contributed by atoms with E-state index in [0.29, 0.717) is 26.4 Å². The van der Waals surface area contributed by atoms with Crippen molar-refractivity contribution in [2.75, 3.05) is 50.7 Å². The van der Waals surface area contributed by atoms with Crippen LogP contribution in [0.3, 0.4) is 0 Å². The molecule has 1 aliphatic heterocycles. The molecule has 1 aromatic rings. The molecule has 0 saturated carbocycles. The minimum absolute atomic E-state index is 0.0705. The molecule has 9 nitrogen and oxygen atoms in total. The van der Waals surface area contributed by atoms with Crippen LogP contribution in [0, 0.1) is 0 Å². The Morgan fingerprint density at radius 1 is 1.52 bits per heavy atom. The lowest BCUT2D eigenvalue weighted by Crippen LogP contribution is -2.51. The number of nitrogens with two attached hydrogens (primary N) is 1. The van der Waals surface area contributed by atoms with Crippen molar-refractivity contribution in [3.8, 4) is 0 Å². The monoisotopic (exact) mass is 300 g/mol. The maximum Gasteiger partial charge on any atom is 0.330 e. The van der Waals surface area contributed by atoms with Crippen LogP contribution in [-0.2, 0) is 16.0 Å². The number of aliphatic hydroxyl groups excluding tert-OH is 1. The van der Waals surface area contributed by atoms with Crippen LogP contribution in [-0.4, -0.2) is 60.8 Å². The Bertz CT molecular complexity index is 596. The number of nitrogens with zero attached hydrogens (tertiary/aromatic N) is 2. The number of hydrogen-bond donors (Lipinski definition) is 3. The second-order valence-corrected chi connectivity index (χ2v) is 4.74. The van der Waals surface area contributed by atoms with Gasteiger partial charge in [-0.05, 0) is 0 Å². The van der Waals surface area contributed by atoms with E-state index >= 15 is 0 Å². The molecule has 0 radical (unpaired) electrons. The van der Waals surface area contributed by atoms with Gasteiger partial charge in [-0.3, -0.25) is 14.3 Å². The molecule has 2 rings (SSSR count). The number of hydrogen-bond acceptors (Lipinski definition) is 7. The van der Waals surface area contributed by atoms with Crippen LogP contribution in [0.1, 0.15) is 0 Å². The molecule has 9 heteroatoms. The molecule has 2 heterocycles. The zero-order valence-electron chi connectivity index (χ0n) is 11.9. The van der Waals surface area contributed by atoms with E-state index in [1.54, 1.807) is 4.90 Å². The fourth-order valence-electron chi connectivity index (χ4n) is 2.36. The number of methoxy groups -OCH3 is 1. The largest absolute Gasteiger partial charge is 0.394 e. The minimum Gasteiger partial charge on any atom is -0.394 e. The van der Waals surface area contributed by atoms with E-state index in [4.69, 9.17) is 15.2 Å². The van der Waals surface area contributed by atoms with E-state index in [2.05, 4.69) is 4.98 Å². The molecule has 21 heavy (non-hydrogen) atoms. The number of rotatable bonds is 5. The van der Waals surface area contributed by atoms with Crippen molar-refractivity contribution >= 4 is 11.5 Å². The predicted molar refractivity (Wildman–Crippen MR) is 76.6 cm³/mol. The van der Waals surface area contributed by atoms with E-state index in [9.17, 15) is 14.7 Å². The highest BCUT2D eigenvalue weighted by Crippen LogP contribution is 2.21. The van der Waals surface area contributed by atoms with Crippen molar-refractivity contribution in [1.29, 1.82) is 0 Å². The summed E-state index contributed by atoms with van der Waals surface area (Å²) in [5, 5.41) is 9.41. The fraction of sp³-hybridized carbons (Fsp3) is 0.667. The van der Waals surface area contributed by atoms with Crippen molar-refractivity contribution in [3.05, 3.63) is 20.8 Å². The third kappa shape index (κ3) is 3.09. The van der Waals surface area contributed by atoms with Gasteiger partial charge in [-0.2, -0.15) is 0 Å². The summed E-state index contributed by atoms with van der Waals surface area (Å²) in [7, 11) is 1.51. The first-order valence-electron chi connectivity index (χ1n) is 6.67. The summed E-state index contributed by atoms with van der Waals surface area (Å²) in [6.07, 6.45) is 0. The summed E-state index contributed by atoms with van der Waals surface area (Å²) >= 11 is 0. The Morgan fingerprint density at radius 3 is 2.95 bits per heavy atom. The predicted octanol–water partition coefficient (Wildman–Crippen LogP) is -2.04. The van der Waals surface area contributed by atoms with Crippen LogP contribution < -0.4 is 21.9 Å². The number of nitrogen functional groups attached to an aromatic ring is 1. The highest BCUT2D eigenvalue weighted by atomic mass is 16.5. The molecular weight excluding hydrogens is 280 g/mol. The molecule has 1 atom stereocenters. The summed E-state index contributed by atoms with van der Waals surface area (Å²) in [4.78, 5) is 27.9. The lowest BCUT2D eigenvalue weighted by Gasteiger charge is -2.36. The van der Waals surface area contributed by atoms with Gasteiger partial charge in [0.25, 0.3) is 5.56 Å². The van der Waals surface area contributed by atoms with E-state index in [1.807, 2.05) is 0 Å². The van der Waals surface area contributed by atoms with Gasteiger partial charge in [-0.15, -0.1) is 0 Å². The minimum atomic E-state index is -0.577. The van der Waals surface area contributed by atoms with Gasteiger partial charge >= 0.3 is 5.69 Å². The summed E-state index contributed by atoms with van der Waals surface area (Å²) in [5.74, 6) is 0.0705. The number of aliphatic hydroxyl groups is 1. The zero-order chi connectivity index (χ0) is 15.4. The second-order valence-electron chi connectivity index (χ2n) is 4.74. The maximum absolute atomic E-state index is 12.1. The summed E-state index contributed by atoms with van der Waals surface area (Å²) < 4.78 is 11.5. The molecule has 1 saturated heterocycles. The quantitative estimate of drug-likeness (QED) is 0.572. The Balaban J connectivity index is 2.47. The lowest BCUT2D eigenvalue weighted by atomic mass is 10.2. The summed E-state index contributed by atoms with van der Waals surface area (Å²) in [5.41, 5.74) is 5.04. The van der Waals surface area contributed by atoms with Crippen LogP contribution in [0.2, 0.25) is 0 Å². The first-order valence-corrected chi connectivity index (χ1v) is 6.67. The highest BCUT2D eigenvalue weighted by molar-refractivity contribution is 5.63. The Morgan fingerprint density at radius 2 is 2.29 bits per heavy atom. The smallest absolute Gasteiger partial charge is 0.330 e. The molecule has 118 valence electrons. The number of ether oxygens (including phenoxy) is 2. The topological polar surface area (TPSA) is 123 Å². The molecule has 1 unspecified atom stereocenters. The molecular formula is C12H20N4O5. The standard InChI is InChI=1S/C12H20N4O5/c1-20-4-2-16-10(13)9(11(18)14-12(16)19)15-3-5-21-7-8(15)6-17/h8,17H,2-7,13H2,1H3,(H,14,18,19). The third-order valence-electron chi connectivity index (χ3n) is 3.46. The second kappa shape index (κ2) is 6.74. The SMILES string of the molecule is COCCn1c(N)c(N2CCOCC2CO)c(=O)[nH]c1=O. The van der Waals surface area contributed by atoms with Crippen LogP contribution in [0.5, 0.6) is 0 Å². The highest BCUT2D eigenvalue weighted by Gasteiger charge is 2.27. The molecule has 0 aromatic carbocycles. The van der Waals surface area contributed by atoms with Gasteiger partial charge in [0.05, 0.1) is 39.0 Å². The van der Waals surface area contributed by atoms with E-state index < -0.39 is 11.2 Å². The molecule has 0 spiro atoms. The number of morpholine rings is 1. The van der Waals surface area contributed by atoms with Crippen molar-refractivity contribution in [2.24, 2.45) is 0 Å². The van der Waals surface area contributed by atoms with Crippen molar-refractivity contribution in [2.45, 2.75) is 12.6 Å². The van der Waals surface area contributed by atoms with Gasteiger partial charge in [0.15, 0.2) is 0 Å². The van der Waals surface area contributed by atoms with Gasteiger partial charge in [0, 0.05) is 13.7 Å². The number of anilines is 2. The first-order chi connectivity index (χ1) is 10.1. The molecule has 0 aliphatic carbocycles. The van der Waals surface area contributed by atoms with Crippen molar-refractivity contribution < 1.29 is 14.6 Å². The number of aromatic nitrogens is 2. The van der Waals surface area contributed by atoms with Gasteiger partial charge in [-0.1, -0.05) is 0 Å². The van der Waals surface area contributed by atoms with Gasteiger partial charge in [0.2, 0.25) is 0 Å². The van der Waals surface area contributed by atoms with Gasteiger partial charge in [-0.25, -0.2) is 4.79 Å². The average molecular weight is 300 g/mol. The molecule has 1 aliphatic rings. The van der Waals surface area contributed by atoms with Crippen LogP contribution in [0.15, 0.2) is 9.59 Å². The number of aromatic amines is 1. The van der Waals surface area contributed by atoms with Gasteiger partial charge < -0.3 is 25.2 Å². The number of H-pyrrole nitrogens is 1. The van der Waals surface area contributed by atoms with Crippen LogP contribution in [0.25, 0.3) is 0 Å². The lowest BCUT2D eigenvalue weighted by molar-refractivity contribution is 0.0725. The van der Waals surface area contributed by atoms with Gasteiger partial charge in [0.1, 0.15) is 11.5 Å². The number of nitrogens with one attached hydrogen (secondary N) is 1. The fourth-order valence-corrected chi connectivity index (χ4v) is 2.36. The maximum atomic E-state index is 12.1. The molecule has 4 N–H and O–H groups in total. The third-order valence-corrected chi connectivity index (χ3v) is 3.46. The first kappa shape index (κ1) is 15.5. The Labute approximate surface area is 120 Å². The van der Waals surface area contributed by atoms with E-state index in [-0.39, 0.29) is 30.7 Å². The van der Waals surface area contributed by atoms with E-state index in [0.717, 1.165) is 0 Å².